The van der Waals surface area contributed by atoms with Gasteiger partial charge in [0.2, 0.25) is 5.91 Å². The van der Waals surface area contributed by atoms with E-state index in [0.29, 0.717) is 18.2 Å². The largest absolute Gasteiger partial charge is 0.356 e. The first-order valence-electron chi connectivity index (χ1n) is 8.94. The molecule has 8 nitrogen and oxygen atoms in total. The molecule has 0 saturated carbocycles. The van der Waals surface area contributed by atoms with Crippen LogP contribution in [0.15, 0.2) is 6.20 Å². The zero-order valence-corrected chi connectivity index (χ0v) is 15.3. The minimum absolute atomic E-state index is 0.0410. The maximum absolute atomic E-state index is 11.9. The fraction of sp³-hybridized carbons (Fsp3) is 0.750. The molecule has 2 fully saturated rings. The summed E-state index contributed by atoms with van der Waals surface area (Å²) in [7, 11) is 0. The Morgan fingerprint density at radius 3 is 3.08 bits per heavy atom. The predicted octanol–water partition coefficient (Wildman–Crippen LogP) is 0.819. The third-order valence-corrected chi connectivity index (χ3v) is 6.13. The highest BCUT2D eigenvalue weighted by molar-refractivity contribution is 8.00. The minimum Gasteiger partial charge on any atom is -0.356 e. The third-order valence-electron chi connectivity index (χ3n) is 4.62. The van der Waals surface area contributed by atoms with Crippen molar-refractivity contribution in [3.63, 3.8) is 0 Å². The van der Waals surface area contributed by atoms with Gasteiger partial charge in [0.05, 0.1) is 17.8 Å². The van der Waals surface area contributed by atoms with E-state index < -0.39 is 0 Å². The Hall–Kier alpha value is -1.77. The number of carbonyl (C=O) groups excluding carboxylic acids is 2. The number of aromatic nitrogens is 3. The van der Waals surface area contributed by atoms with Crippen LogP contribution in [0.3, 0.4) is 0 Å². The Labute approximate surface area is 151 Å². The lowest BCUT2D eigenvalue weighted by molar-refractivity contribution is -0.121. The summed E-state index contributed by atoms with van der Waals surface area (Å²) in [4.78, 5) is 23.2. The summed E-state index contributed by atoms with van der Waals surface area (Å²) in [6.07, 6.45) is 6.27. The molecule has 3 rings (SSSR count). The Bertz CT molecular complexity index is 607. The molecule has 0 bridgehead atoms. The van der Waals surface area contributed by atoms with E-state index in [0.717, 1.165) is 43.7 Å². The molecule has 3 amide bonds. The summed E-state index contributed by atoms with van der Waals surface area (Å²) >= 11 is 1.92. The number of urea groups is 1. The van der Waals surface area contributed by atoms with E-state index in [9.17, 15) is 9.59 Å². The van der Waals surface area contributed by atoms with Crippen LogP contribution in [0, 0.1) is 6.92 Å². The maximum Gasteiger partial charge on any atom is 0.315 e. The molecule has 0 radical (unpaired) electrons. The fourth-order valence-corrected chi connectivity index (χ4v) is 4.88. The van der Waals surface area contributed by atoms with Crippen molar-refractivity contribution in [3.05, 3.63) is 11.9 Å². The lowest BCUT2D eigenvalue weighted by Crippen LogP contribution is -2.36. The van der Waals surface area contributed by atoms with Gasteiger partial charge >= 0.3 is 6.03 Å². The van der Waals surface area contributed by atoms with Crippen LogP contribution in [0.4, 0.5) is 4.79 Å². The molecule has 2 aliphatic rings. The Kier molecular flexibility index (Phi) is 6.17. The zero-order valence-electron chi connectivity index (χ0n) is 14.5. The summed E-state index contributed by atoms with van der Waals surface area (Å²) in [6, 6.07) is 0.493. The third kappa shape index (κ3) is 5.10. The molecule has 3 heterocycles. The number of aryl methyl sites for hydroxylation is 2. The highest BCUT2D eigenvalue weighted by atomic mass is 32.2. The first-order valence-corrected chi connectivity index (χ1v) is 9.99. The average molecular weight is 366 g/mol. The zero-order chi connectivity index (χ0) is 17.6. The fourth-order valence-electron chi connectivity index (χ4n) is 3.34. The highest BCUT2D eigenvalue weighted by Crippen LogP contribution is 2.33. The molecule has 3 atom stereocenters. The van der Waals surface area contributed by atoms with Crippen LogP contribution in [0.5, 0.6) is 0 Å². The molecule has 2 saturated heterocycles. The molecule has 3 N–H and O–H groups in total. The van der Waals surface area contributed by atoms with Crippen molar-refractivity contribution in [2.75, 3.05) is 12.3 Å². The topological polar surface area (TPSA) is 101 Å². The van der Waals surface area contributed by atoms with E-state index in [1.54, 1.807) is 4.68 Å². The van der Waals surface area contributed by atoms with Crippen LogP contribution >= 0.6 is 11.8 Å². The number of thioether (sulfide) groups is 1. The van der Waals surface area contributed by atoms with Crippen LogP contribution in [0.2, 0.25) is 0 Å². The lowest BCUT2D eigenvalue weighted by Gasteiger charge is -2.16. The van der Waals surface area contributed by atoms with Crippen molar-refractivity contribution >= 4 is 23.7 Å². The molecule has 25 heavy (non-hydrogen) atoms. The van der Waals surface area contributed by atoms with Crippen LogP contribution in [0.25, 0.3) is 0 Å². The van der Waals surface area contributed by atoms with Crippen molar-refractivity contribution < 1.29 is 9.59 Å². The van der Waals surface area contributed by atoms with Crippen molar-refractivity contribution in [2.45, 2.75) is 62.9 Å². The second kappa shape index (κ2) is 8.55. The van der Waals surface area contributed by atoms with Gasteiger partial charge in [0.1, 0.15) is 0 Å². The molecule has 0 aliphatic carbocycles. The summed E-state index contributed by atoms with van der Waals surface area (Å²) < 4.78 is 1.80. The molecule has 9 heteroatoms. The summed E-state index contributed by atoms with van der Waals surface area (Å²) in [6.45, 7) is 3.34. The van der Waals surface area contributed by atoms with E-state index in [4.69, 9.17) is 0 Å². The smallest absolute Gasteiger partial charge is 0.315 e. The van der Waals surface area contributed by atoms with Crippen molar-refractivity contribution in [2.24, 2.45) is 0 Å². The number of fused-ring (bicyclic) bond motifs is 1. The van der Waals surface area contributed by atoms with Gasteiger partial charge in [-0.3, -0.25) is 9.48 Å². The molecular weight excluding hydrogens is 340 g/mol. The number of carbonyl (C=O) groups is 2. The van der Waals surface area contributed by atoms with E-state index in [2.05, 4.69) is 26.3 Å². The predicted molar refractivity (Wildman–Crippen MR) is 96.3 cm³/mol. The van der Waals surface area contributed by atoms with Gasteiger partial charge in [0.15, 0.2) is 0 Å². The number of rotatable bonds is 9. The maximum atomic E-state index is 11.9. The van der Waals surface area contributed by atoms with E-state index in [1.807, 2.05) is 24.9 Å². The van der Waals surface area contributed by atoms with Crippen molar-refractivity contribution in [1.29, 1.82) is 0 Å². The van der Waals surface area contributed by atoms with Crippen LogP contribution in [-0.2, 0) is 11.3 Å². The first-order chi connectivity index (χ1) is 12.1. The highest BCUT2D eigenvalue weighted by Gasteiger charge is 2.42. The molecule has 0 spiro atoms. The second-order valence-electron chi connectivity index (χ2n) is 6.69. The van der Waals surface area contributed by atoms with Gasteiger partial charge in [-0.15, -0.1) is 5.10 Å². The standard InChI is InChI=1S/C16H26N6O2S/c1-11-9-22(21-20-11)8-4-7-17-14(23)6-3-2-5-13-15-12(10-25-13)18-16(24)19-15/h9,12-13,15H,2-8,10H2,1H3,(H,17,23)(H2,18,19,24). The van der Waals surface area contributed by atoms with Gasteiger partial charge in [-0.2, -0.15) is 11.8 Å². The number of nitrogens with zero attached hydrogens (tertiary/aromatic N) is 3. The van der Waals surface area contributed by atoms with Gasteiger partial charge in [-0.1, -0.05) is 11.6 Å². The van der Waals surface area contributed by atoms with Crippen molar-refractivity contribution in [3.8, 4) is 0 Å². The number of nitrogens with one attached hydrogen (secondary N) is 3. The summed E-state index contributed by atoms with van der Waals surface area (Å²) in [5.41, 5.74) is 0.906. The normalized spacial score (nSPS) is 24.7. The summed E-state index contributed by atoms with van der Waals surface area (Å²) in [5.74, 6) is 1.10. The van der Waals surface area contributed by atoms with Crippen LogP contribution in [-0.4, -0.2) is 56.6 Å². The molecule has 1 aromatic rings. The SMILES string of the molecule is Cc1cn(CCCNC(=O)CCCCC2SCC3NC(=O)NC32)nn1. The van der Waals surface area contributed by atoms with Gasteiger partial charge in [0.25, 0.3) is 0 Å². The Morgan fingerprint density at radius 2 is 2.28 bits per heavy atom. The van der Waals surface area contributed by atoms with Gasteiger partial charge in [-0.25, -0.2) is 4.79 Å². The number of hydrogen-bond acceptors (Lipinski definition) is 5. The molecular formula is C16H26N6O2S. The molecule has 1 aromatic heterocycles. The monoisotopic (exact) mass is 366 g/mol. The minimum atomic E-state index is -0.0410. The molecule has 3 unspecified atom stereocenters. The quantitative estimate of drug-likeness (QED) is 0.444. The van der Waals surface area contributed by atoms with E-state index >= 15 is 0 Å². The lowest BCUT2D eigenvalue weighted by atomic mass is 10.0. The van der Waals surface area contributed by atoms with Crippen LogP contribution in [0.1, 0.15) is 37.8 Å². The second-order valence-corrected chi connectivity index (χ2v) is 7.97. The Balaban J connectivity index is 1.22. The summed E-state index contributed by atoms with van der Waals surface area (Å²) in [5, 5.41) is 17.3. The van der Waals surface area contributed by atoms with Gasteiger partial charge in [-0.05, 0) is 26.2 Å². The van der Waals surface area contributed by atoms with Gasteiger partial charge < -0.3 is 16.0 Å². The molecule has 138 valence electrons. The Morgan fingerprint density at radius 1 is 1.40 bits per heavy atom. The first kappa shape index (κ1) is 18.0. The van der Waals surface area contributed by atoms with E-state index in [1.165, 1.54) is 0 Å². The molecule has 2 aliphatic heterocycles. The number of hydrogen-bond donors (Lipinski definition) is 3. The number of unbranched alkanes of at least 4 members (excludes halogenated alkanes) is 1. The van der Waals surface area contributed by atoms with E-state index in [-0.39, 0.29) is 24.0 Å². The molecule has 0 aromatic carbocycles. The average Bonchev–Trinajstić information content (AvgIpc) is 3.25. The van der Waals surface area contributed by atoms with Crippen LogP contribution < -0.4 is 16.0 Å². The number of amides is 3. The van der Waals surface area contributed by atoms with Crippen molar-refractivity contribution in [1.82, 2.24) is 30.9 Å². The van der Waals surface area contributed by atoms with Gasteiger partial charge in [0, 0.05) is 36.7 Å².